The Kier molecular flexibility index (Phi) is 4.68. The van der Waals surface area contributed by atoms with Gasteiger partial charge in [-0.2, -0.15) is 0 Å². The standard InChI is InChI=1S/C22H16N2O2S/c25-21-20(23-22(27)24(21)17-9-3-1-4-10-17)15-16-8-7-13-19(14-16)26-18-11-5-2-6-12-18/h1-15H,(H,23,27)/b20-15-. The summed E-state index contributed by atoms with van der Waals surface area (Å²) in [5.41, 5.74) is 2.02. The van der Waals surface area contributed by atoms with Gasteiger partial charge in [0.05, 0.1) is 5.69 Å². The minimum absolute atomic E-state index is 0.180. The van der Waals surface area contributed by atoms with Crippen molar-refractivity contribution in [2.75, 3.05) is 4.90 Å². The molecular formula is C22H16N2O2S. The van der Waals surface area contributed by atoms with Crippen molar-refractivity contribution in [3.05, 3.63) is 96.2 Å². The van der Waals surface area contributed by atoms with Crippen LogP contribution < -0.4 is 15.0 Å². The zero-order chi connectivity index (χ0) is 18.6. The van der Waals surface area contributed by atoms with Crippen molar-refractivity contribution in [2.45, 2.75) is 0 Å². The quantitative estimate of drug-likeness (QED) is 0.530. The fourth-order valence-corrected chi connectivity index (χ4v) is 3.10. The van der Waals surface area contributed by atoms with E-state index in [1.807, 2.05) is 84.9 Å². The third-order valence-corrected chi connectivity index (χ3v) is 4.33. The number of thiocarbonyl (C=S) groups is 1. The molecule has 0 spiro atoms. The molecule has 132 valence electrons. The van der Waals surface area contributed by atoms with E-state index in [0.29, 0.717) is 16.6 Å². The Labute approximate surface area is 162 Å². The molecule has 1 aliphatic heterocycles. The smallest absolute Gasteiger partial charge is 0.281 e. The lowest BCUT2D eigenvalue weighted by molar-refractivity contribution is -0.113. The van der Waals surface area contributed by atoms with Gasteiger partial charge < -0.3 is 10.1 Å². The van der Waals surface area contributed by atoms with Crippen LogP contribution >= 0.6 is 12.2 Å². The number of carbonyl (C=O) groups is 1. The molecule has 1 saturated heterocycles. The van der Waals surface area contributed by atoms with Gasteiger partial charge in [0.1, 0.15) is 17.2 Å². The van der Waals surface area contributed by atoms with Gasteiger partial charge in [0.2, 0.25) is 0 Å². The molecule has 1 N–H and O–H groups in total. The molecule has 27 heavy (non-hydrogen) atoms. The molecule has 4 rings (SSSR count). The molecule has 0 saturated carbocycles. The van der Waals surface area contributed by atoms with Crippen LogP contribution in [0.4, 0.5) is 5.69 Å². The predicted molar refractivity (Wildman–Crippen MR) is 111 cm³/mol. The van der Waals surface area contributed by atoms with Crippen LogP contribution in [0.15, 0.2) is 90.6 Å². The van der Waals surface area contributed by atoms with Crippen LogP contribution in [-0.4, -0.2) is 11.0 Å². The zero-order valence-electron chi connectivity index (χ0n) is 14.3. The van der Waals surface area contributed by atoms with Gasteiger partial charge in [-0.3, -0.25) is 9.69 Å². The number of nitrogens with one attached hydrogen (secondary N) is 1. The summed E-state index contributed by atoms with van der Waals surface area (Å²) in [7, 11) is 0. The van der Waals surface area contributed by atoms with Gasteiger partial charge in [-0.1, -0.05) is 48.5 Å². The average molecular weight is 372 g/mol. The maximum atomic E-state index is 12.8. The number of para-hydroxylation sites is 2. The van der Waals surface area contributed by atoms with Crippen molar-refractivity contribution >= 4 is 35.0 Å². The van der Waals surface area contributed by atoms with E-state index in [-0.39, 0.29) is 5.91 Å². The lowest BCUT2D eigenvalue weighted by Gasteiger charge is -2.13. The van der Waals surface area contributed by atoms with Crippen LogP contribution in [0.3, 0.4) is 0 Å². The maximum Gasteiger partial charge on any atom is 0.281 e. The minimum atomic E-state index is -0.180. The number of carbonyl (C=O) groups excluding carboxylic acids is 1. The molecule has 0 aromatic heterocycles. The summed E-state index contributed by atoms with van der Waals surface area (Å²) in [6.45, 7) is 0. The molecule has 0 bridgehead atoms. The summed E-state index contributed by atoms with van der Waals surface area (Å²) in [5, 5.41) is 3.37. The van der Waals surface area contributed by atoms with Gasteiger partial charge in [-0.25, -0.2) is 0 Å². The van der Waals surface area contributed by atoms with Crippen LogP contribution in [-0.2, 0) is 4.79 Å². The molecule has 4 nitrogen and oxygen atoms in total. The summed E-state index contributed by atoms with van der Waals surface area (Å²) in [6, 6.07) is 26.5. The van der Waals surface area contributed by atoms with Gasteiger partial charge in [0.25, 0.3) is 5.91 Å². The number of benzene rings is 3. The van der Waals surface area contributed by atoms with Crippen molar-refractivity contribution in [2.24, 2.45) is 0 Å². The molecule has 0 aliphatic carbocycles. The van der Waals surface area contributed by atoms with Crippen molar-refractivity contribution < 1.29 is 9.53 Å². The summed E-state index contributed by atoms with van der Waals surface area (Å²) < 4.78 is 5.85. The second kappa shape index (κ2) is 7.43. The largest absolute Gasteiger partial charge is 0.457 e. The number of hydrogen-bond donors (Lipinski definition) is 1. The maximum absolute atomic E-state index is 12.8. The third-order valence-electron chi connectivity index (χ3n) is 4.04. The lowest BCUT2D eigenvalue weighted by atomic mass is 10.1. The zero-order valence-corrected chi connectivity index (χ0v) is 15.1. The highest BCUT2D eigenvalue weighted by Crippen LogP contribution is 2.25. The molecule has 1 amide bonds. The van der Waals surface area contributed by atoms with Gasteiger partial charge in [0, 0.05) is 0 Å². The Morgan fingerprint density at radius 1 is 0.852 bits per heavy atom. The highest BCUT2D eigenvalue weighted by atomic mass is 32.1. The number of rotatable bonds is 4. The van der Waals surface area contributed by atoms with Crippen LogP contribution in [0.2, 0.25) is 0 Å². The number of hydrogen-bond acceptors (Lipinski definition) is 3. The first kappa shape index (κ1) is 17.0. The SMILES string of the molecule is O=C1/C(=C/c2cccc(Oc3ccccc3)c2)NC(=S)N1c1ccccc1. The Morgan fingerprint density at radius 2 is 1.52 bits per heavy atom. The van der Waals surface area contributed by atoms with Crippen molar-refractivity contribution in [3.8, 4) is 11.5 Å². The Morgan fingerprint density at radius 3 is 2.26 bits per heavy atom. The Balaban J connectivity index is 1.58. The molecular weight excluding hydrogens is 356 g/mol. The highest BCUT2D eigenvalue weighted by Gasteiger charge is 2.31. The topological polar surface area (TPSA) is 41.6 Å². The number of anilines is 1. The summed E-state index contributed by atoms with van der Waals surface area (Å²) in [6.07, 6.45) is 1.77. The van der Waals surface area contributed by atoms with E-state index in [0.717, 1.165) is 17.0 Å². The Hall–Kier alpha value is -3.44. The molecule has 1 aliphatic rings. The minimum Gasteiger partial charge on any atom is -0.457 e. The highest BCUT2D eigenvalue weighted by molar-refractivity contribution is 7.80. The molecule has 1 fully saturated rings. The first-order chi connectivity index (χ1) is 13.2. The average Bonchev–Trinajstić information content (AvgIpc) is 2.97. The molecule has 0 atom stereocenters. The second-order valence-corrected chi connectivity index (χ2v) is 6.34. The first-order valence-electron chi connectivity index (χ1n) is 8.46. The fraction of sp³-hybridized carbons (Fsp3) is 0. The molecule has 0 radical (unpaired) electrons. The molecule has 0 unspecified atom stereocenters. The van der Waals surface area contributed by atoms with E-state index < -0.39 is 0 Å². The van der Waals surface area contributed by atoms with Gasteiger partial charge >= 0.3 is 0 Å². The molecule has 3 aromatic carbocycles. The number of nitrogens with zero attached hydrogens (tertiary/aromatic N) is 1. The Bertz CT molecular complexity index is 1020. The predicted octanol–water partition coefficient (Wildman–Crippen LogP) is 4.74. The molecule has 1 heterocycles. The summed E-state index contributed by atoms with van der Waals surface area (Å²) in [4.78, 5) is 14.3. The van der Waals surface area contributed by atoms with E-state index in [2.05, 4.69) is 5.32 Å². The molecule has 3 aromatic rings. The summed E-state index contributed by atoms with van der Waals surface area (Å²) in [5.74, 6) is 1.28. The van der Waals surface area contributed by atoms with E-state index in [4.69, 9.17) is 17.0 Å². The van der Waals surface area contributed by atoms with E-state index in [1.54, 1.807) is 6.08 Å². The number of ether oxygens (including phenoxy) is 1. The van der Waals surface area contributed by atoms with E-state index >= 15 is 0 Å². The fourth-order valence-electron chi connectivity index (χ4n) is 2.81. The normalized spacial score (nSPS) is 15.1. The lowest BCUT2D eigenvalue weighted by Crippen LogP contribution is -2.30. The number of amides is 1. The van der Waals surface area contributed by atoms with Crippen LogP contribution in [0, 0.1) is 0 Å². The first-order valence-corrected chi connectivity index (χ1v) is 8.87. The van der Waals surface area contributed by atoms with Crippen molar-refractivity contribution in [1.29, 1.82) is 0 Å². The third kappa shape index (κ3) is 3.73. The van der Waals surface area contributed by atoms with Crippen molar-refractivity contribution in [3.63, 3.8) is 0 Å². The van der Waals surface area contributed by atoms with E-state index in [1.165, 1.54) is 4.90 Å². The van der Waals surface area contributed by atoms with E-state index in [9.17, 15) is 4.79 Å². The second-order valence-electron chi connectivity index (χ2n) is 5.95. The van der Waals surface area contributed by atoms with Crippen LogP contribution in [0.5, 0.6) is 11.5 Å². The molecule has 5 heteroatoms. The van der Waals surface area contributed by atoms with Crippen LogP contribution in [0.25, 0.3) is 6.08 Å². The van der Waals surface area contributed by atoms with Gasteiger partial charge in [0.15, 0.2) is 5.11 Å². The van der Waals surface area contributed by atoms with Gasteiger partial charge in [-0.15, -0.1) is 0 Å². The van der Waals surface area contributed by atoms with Crippen LogP contribution in [0.1, 0.15) is 5.56 Å². The monoisotopic (exact) mass is 372 g/mol. The van der Waals surface area contributed by atoms with Gasteiger partial charge in [-0.05, 0) is 60.3 Å². The summed E-state index contributed by atoms with van der Waals surface area (Å²) >= 11 is 5.33. The van der Waals surface area contributed by atoms with Crippen molar-refractivity contribution in [1.82, 2.24) is 5.32 Å².